The fourth-order valence-electron chi connectivity index (χ4n) is 2.81. The first-order chi connectivity index (χ1) is 11.2. The lowest BCUT2D eigenvalue weighted by Crippen LogP contribution is -2.43. The summed E-state index contributed by atoms with van der Waals surface area (Å²) in [6.45, 7) is 18.8. The van der Waals surface area contributed by atoms with Crippen LogP contribution in [-0.4, -0.2) is 57.2 Å². The van der Waals surface area contributed by atoms with Crippen LogP contribution in [0.2, 0.25) is 18.1 Å². The Morgan fingerprint density at radius 2 is 1.76 bits per heavy atom. The van der Waals surface area contributed by atoms with Crippen LogP contribution >= 0.6 is 0 Å². The van der Waals surface area contributed by atoms with E-state index in [1.165, 1.54) is 0 Å². The molecule has 1 amide bonds. The molecule has 0 saturated heterocycles. The van der Waals surface area contributed by atoms with Gasteiger partial charge in [0, 0.05) is 25.2 Å². The van der Waals surface area contributed by atoms with Gasteiger partial charge in [0.05, 0.1) is 0 Å². The molecule has 6 heteroatoms. The Morgan fingerprint density at radius 3 is 2.28 bits per heavy atom. The van der Waals surface area contributed by atoms with E-state index in [-0.39, 0.29) is 17.2 Å². The van der Waals surface area contributed by atoms with Crippen LogP contribution in [0, 0.1) is 0 Å². The molecule has 1 aliphatic carbocycles. The number of nitrogens with zero attached hydrogens (tertiary/aromatic N) is 1. The van der Waals surface area contributed by atoms with Crippen molar-refractivity contribution in [2.45, 2.75) is 96.6 Å². The van der Waals surface area contributed by atoms with E-state index in [0.717, 1.165) is 32.4 Å². The van der Waals surface area contributed by atoms with Crippen LogP contribution in [-0.2, 0) is 9.16 Å². The van der Waals surface area contributed by atoms with Gasteiger partial charge in [-0.1, -0.05) is 20.8 Å². The molecule has 0 aromatic rings. The monoisotopic (exact) mass is 372 g/mol. The summed E-state index contributed by atoms with van der Waals surface area (Å²) < 4.78 is 11.6. The van der Waals surface area contributed by atoms with Crippen LogP contribution in [0.4, 0.5) is 4.79 Å². The van der Waals surface area contributed by atoms with Crippen molar-refractivity contribution >= 4 is 14.4 Å². The summed E-state index contributed by atoms with van der Waals surface area (Å²) in [5.74, 6) is 0. The Labute approximate surface area is 156 Å². The third kappa shape index (κ3) is 7.67. The lowest BCUT2D eigenvalue weighted by molar-refractivity contribution is 0.0503. The minimum atomic E-state index is -1.67. The van der Waals surface area contributed by atoms with Crippen LogP contribution in [0.25, 0.3) is 0 Å². The van der Waals surface area contributed by atoms with Gasteiger partial charge in [-0.15, -0.1) is 0 Å². The van der Waals surface area contributed by atoms with Crippen LogP contribution in [0.3, 0.4) is 0 Å². The van der Waals surface area contributed by atoms with Crippen LogP contribution in [0.5, 0.6) is 0 Å². The summed E-state index contributed by atoms with van der Waals surface area (Å²) in [5.41, 5.74) is -0.444. The van der Waals surface area contributed by atoms with Crippen molar-refractivity contribution in [3.05, 3.63) is 0 Å². The first-order valence-corrected chi connectivity index (χ1v) is 12.5. The maximum Gasteiger partial charge on any atom is 0.407 e. The SMILES string of the molecule is CN(CCO[Si](C)(C)C(C)(C)C)[C@@H]1CC[C@H](NC(=O)OC(C)(C)C)C1. The lowest BCUT2D eigenvalue weighted by Gasteiger charge is -2.37. The van der Waals surface area contributed by atoms with Crippen LogP contribution in [0.15, 0.2) is 0 Å². The first-order valence-electron chi connectivity index (χ1n) is 9.55. The molecule has 1 fully saturated rings. The van der Waals surface area contributed by atoms with Gasteiger partial charge in [-0.25, -0.2) is 4.79 Å². The molecule has 1 N–H and O–H groups in total. The molecule has 148 valence electrons. The van der Waals surface area contributed by atoms with E-state index in [1.54, 1.807) is 0 Å². The number of rotatable bonds is 6. The summed E-state index contributed by atoms with van der Waals surface area (Å²) >= 11 is 0. The predicted molar refractivity (Wildman–Crippen MR) is 107 cm³/mol. The van der Waals surface area contributed by atoms with Gasteiger partial charge in [0.15, 0.2) is 8.32 Å². The molecular weight excluding hydrogens is 332 g/mol. The zero-order valence-corrected chi connectivity index (χ0v) is 18.9. The smallest absolute Gasteiger partial charge is 0.407 e. The van der Waals surface area contributed by atoms with Crippen molar-refractivity contribution in [2.75, 3.05) is 20.2 Å². The quantitative estimate of drug-likeness (QED) is 0.703. The zero-order valence-electron chi connectivity index (χ0n) is 17.9. The molecule has 1 saturated carbocycles. The predicted octanol–water partition coefficient (Wildman–Crippen LogP) is 4.39. The maximum absolute atomic E-state index is 11.9. The van der Waals surface area contributed by atoms with Crippen molar-refractivity contribution < 1.29 is 14.0 Å². The minimum absolute atomic E-state index is 0.212. The maximum atomic E-state index is 11.9. The van der Waals surface area contributed by atoms with E-state index < -0.39 is 13.9 Å². The Kier molecular flexibility index (Phi) is 7.54. The Morgan fingerprint density at radius 1 is 1.16 bits per heavy atom. The lowest BCUT2D eigenvalue weighted by atomic mass is 10.2. The van der Waals surface area contributed by atoms with Gasteiger partial charge in [0.25, 0.3) is 0 Å². The first kappa shape index (κ1) is 22.4. The second kappa shape index (κ2) is 8.40. The molecule has 1 aliphatic rings. The van der Waals surface area contributed by atoms with E-state index in [2.05, 4.69) is 51.1 Å². The largest absolute Gasteiger partial charge is 0.444 e. The van der Waals surface area contributed by atoms with E-state index in [1.807, 2.05) is 20.8 Å². The molecule has 0 radical (unpaired) electrons. The molecule has 0 unspecified atom stereocenters. The summed E-state index contributed by atoms with van der Waals surface area (Å²) in [6, 6.07) is 0.714. The molecule has 0 bridgehead atoms. The van der Waals surface area contributed by atoms with E-state index in [4.69, 9.17) is 9.16 Å². The fourth-order valence-corrected chi connectivity index (χ4v) is 3.84. The highest BCUT2D eigenvalue weighted by Crippen LogP contribution is 2.36. The number of hydrogen-bond acceptors (Lipinski definition) is 4. The number of hydrogen-bond donors (Lipinski definition) is 1. The van der Waals surface area contributed by atoms with E-state index in [9.17, 15) is 4.79 Å². The van der Waals surface area contributed by atoms with Crippen molar-refractivity contribution in [2.24, 2.45) is 0 Å². The van der Waals surface area contributed by atoms with Gasteiger partial charge in [0.2, 0.25) is 0 Å². The second-order valence-electron chi connectivity index (χ2n) is 9.90. The molecule has 0 aromatic carbocycles. The fraction of sp³-hybridized carbons (Fsp3) is 0.947. The van der Waals surface area contributed by atoms with Gasteiger partial charge < -0.3 is 19.4 Å². The summed E-state index contributed by atoms with van der Waals surface area (Å²) in [4.78, 5) is 14.3. The van der Waals surface area contributed by atoms with Gasteiger partial charge in [0.1, 0.15) is 5.60 Å². The number of likely N-dealkylation sites (N-methyl/N-ethyl adjacent to an activating group) is 1. The average molecular weight is 373 g/mol. The number of carbonyl (C=O) groups is 1. The average Bonchev–Trinajstić information content (AvgIpc) is 2.83. The summed E-state index contributed by atoms with van der Waals surface area (Å²) in [6.07, 6.45) is 2.80. The van der Waals surface area contributed by atoms with Gasteiger partial charge in [-0.05, 0) is 65.2 Å². The van der Waals surface area contributed by atoms with E-state index in [0.29, 0.717) is 6.04 Å². The van der Waals surface area contributed by atoms with Crippen LogP contribution < -0.4 is 5.32 Å². The van der Waals surface area contributed by atoms with Crippen molar-refractivity contribution in [1.29, 1.82) is 0 Å². The Bertz CT molecular complexity index is 441. The van der Waals surface area contributed by atoms with Crippen molar-refractivity contribution in [3.8, 4) is 0 Å². The van der Waals surface area contributed by atoms with Crippen LogP contribution in [0.1, 0.15) is 60.8 Å². The second-order valence-corrected chi connectivity index (χ2v) is 14.7. The molecule has 0 aliphatic heterocycles. The Balaban J connectivity index is 2.35. The standard InChI is InChI=1S/C19H40N2O3Si/c1-18(2,3)24-17(22)20-15-10-11-16(14-15)21(7)12-13-23-25(8,9)19(4,5)6/h15-16H,10-14H2,1-9H3,(H,20,22)/t15-,16+/m0/s1. The third-order valence-corrected chi connectivity index (χ3v) is 10.0. The molecule has 0 spiro atoms. The molecule has 1 rings (SSSR count). The molecule has 5 nitrogen and oxygen atoms in total. The van der Waals surface area contributed by atoms with E-state index >= 15 is 0 Å². The summed E-state index contributed by atoms with van der Waals surface area (Å²) in [5, 5.41) is 3.26. The Hall–Kier alpha value is -0.593. The number of nitrogens with one attached hydrogen (secondary N) is 1. The summed E-state index contributed by atoms with van der Waals surface area (Å²) in [7, 11) is 0.493. The topological polar surface area (TPSA) is 50.8 Å². The van der Waals surface area contributed by atoms with Gasteiger partial charge in [-0.3, -0.25) is 0 Å². The van der Waals surface area contributed by atoms with Gasteiger partial charge >= 0.3 is 6.09 Å². The molecular formula is C19H40N2O3Si. The number of alkyl carbamates (subject to hydrolysis) is 1. The molecule has 2 atom stereocenters. The minimum Gasteiger partial charge on any atom is -0.444 e. The number of amides is 1. The van der Waals surface area contributed by atoms with Crippen molar-refractivity contribution in [1.82, 2.24) is 10.2 Å². The number of carbonyl (C=O) groups excluding carboxylic acids is 1. The molecule has 25 heavy (non-hydrogen) atoms. The van der Waals surface area contributed by atoms with Crippen molar-refractivity contribution in [3.63, 3.8) is 0 Å². The third-order valence-electron chi connectivity index (χ3n) is 5.46. The normalized spacial score (nSPS) is 22.3. The molecule has 0 aromatic heterocycles. The highest BCUT2D eigenvalue weighted by molar-refractivity contribution is 6.74. The highest BCUT2D eigenvalue weighted by Gasteiger charge is 2.37. The van der Waals surface area contributed by atoms with Gasteiger partial charge in [-0.2, -0.15) is 0 Å². The number of ether oxygens (including phenoxy) is 1. The zero-order chi connectivity index (χ0) is 19.5. The molecule has 0 heterocycles. The highest BCUT2D eigenvalue weighted by atomic mass is 28.4.